The molecule has 0 aliphatic carbocycles. The van der Waals surface area contributed by atoms with E-state index in [1.807, 2.05) is 0 Å². The average Bonchev–Trinajstić information content (AvgIpc) is 2.42. The van der Waals surface area contributed by atoms with Gasteiger partial charge in [-0.2, -0.15) is 0 Å². The van der Waals surface area contributed by atoms with E-state index >= 15 is 0 Å². The molecule has 21 heavy (non-hydrogen) atoms. The van der Waals surface area contributed by atoms with Crippen molar-refractivity contribution in [2.75, 3.05) is 0 Å². The van der Waals surface area contributed by atoms with Gasteiger partial charge in [-0.3, -0.25) is 10.1 Å². The lowest BCUT2D eigenvalue weighted by Crippen LogP contribution is -1.96. The third kappa shape index (κ3) is 3.32. The molecule has 2 aromatic rings. The molecule has 0 bridgehead atoms. The van der Waals surface area contributed by atoms with Gasteiger partial charge in [0.15, 0.2) is 0 Å². The zero-order valence-electron chi connectivity index (χ0n) is 11.5. The number of aliphatic hydroxyl groups excluding tert-OH is 1. The van der Waals surface area contributed by atoms with Gasteiger partial charge in [-0.1, -0.05) is 23.7 Å². The number of hydrogen-bond acceptors (Lipinski definition) is 4. The van der Waals surface area contributed by atoms with Gasteiger partial charge in [0.1, 0.15) is 11.5 Å². The second kappa shape index (κ2) is 6.11. The van der Waals surface area contributed by atoms with Gasteiger partial charge in [0.25, 0.3) is 5.69 Å². The Morgan fingerprint density at radius 2 is 2.00 bits per heavy atom. The van der Waals surface area contributed by atoms with Crippen molar-refractivity contribution in [3.05, 3.63) is 62.7 Å². The summed E-state index contributed by atoms with van der Waals surface area (Å²) in [5, 5.41) is 20.7. The monoisotopic (exact) mass is 307 g/mol. The summed E-state index contributed by atoms with van der Waals surface area (Å²) in [7, 11) is 0. The van der Waals surface area contributed by atoms with Gasteiger partial charge in [0.05, 0.1) is 21.6 Å². The highest BCUT2D eigenvalue weighted by Crippen LogP contribution is 2.35. The minimum atomic E-state index is -0.629. The first-order chi connectivity index (χ1) is 9.90. The van der Waals surface area contributed by atoms with E-state index in [-0.39, 0.29) is 5.69 Å². The third-order valence-electron chi connectivity index (χ3n) is 3.11. The fourth-order valence-electron chi connectivity index (χ4n) is 1.89. The average molecular weight is 308 g/mol. The van der Waals surface area contributed by atoms with Crippen molar-refractivity contribution in [3.63, 3.8) is 0 Å². The molecule has 1 atom stereocenters. The van der Waals surface area contributed by atoms with Crippen LogP contribution in [0.3, 0.4) is 0 Å². The molecule has 0 heterocycles. The standard InChI is InChI=1S/C15H14ClNO4/c1-9-13(17(19)20)4-3-5-14(9)21-15-7-6-11(10(2)18)8-12(15)16/h3-8,10,18H,1-2H3/t10-/m0/s1. The third-order valence-corrected chi connectivity index (χ3v) is 3.41. The van der Waals surface area contributed by atoms with E-state index in [0.717, 1.165) is 0 Å². The summed E-state index contributed by atoms with van der Waals surface area (Å²) in [6, 6.07) is 9.54. The molecule has 0 saturated carbocycles. The number of hydrogen-bond donors (Lipinski definition) is 1. The summed E-state index contributed by atoms with van der Waals surface area (Å²) in [4.78, 5) is 10.5. The van der Waals surface area contributed by atoms with Crippen LogP contribution in [0.15, 0.2) is 36.4 Å². The van der Waals surface area contributed by atoms with Gasteiger partial charge in [-0.15, -0.1) is 0 Å². The van der Waals surface area contributed by atoms with Gasteiger partial charge in [0.2, 0.25) is 0 Å². The molecular weight excluding hydrogens is 294 g/mol. The SMILES string of the molecule is Cc1c(Oc2ccc([C@H](C)O)cc2Cl)cccc1[N+](=O)[O-]. The minimum Gasteiger partial charge on any atom is -0.455 e. The van der Waals surface area contributed by atoms with Crippen LogP contribution in [0.4, 0.5) is 5.69 Å². The zero-order valence-corrected chi connectivity index (χ0v) is 12.3. The molecule has 0 fully saturated rings. The van der Waals surface area contributed by atoms with Crippen molar-refractivity contribution in [1.29, 1.82) is 0 Å². The molecular formula is C15H14ClNO4. The maximum absolute atomic E-state index is 10.9. The molecule has 0 spiro atoms. The van der Waals surface area contributed by atoms with Crippen LogP contribution in [0, 0.1) is 17.0 Å². The van der Waals surface area contributed by atoms with Crippen LogP contribution in [0.1, 0.15) is 24.2 Å². The lowest BCUT2D eigenvalue weighted by molar-refractivity contribution is -0.385. The number of aliphatic hydroxyl groups is 1. The van der Waals surface area contributed by atoms with Gasteiger partial charge in [-0.05, 0) is 37.6 Å². The van der Waals surface area contributed by atoms with Crippen molar-refractivity contribution in [3.8, 4) is 11.5 Å². The highest BCUT2D eigenvalue weighted by molar-refractivity contribution is 6.32. The number of rotatable bonds is 4. The first-order valence-electron chi connectivity index (χ1n) is 6.29. The van der Waals surface area contributed by atoms with Crippen molar-refractivity contribution in [2.24, 2.45) is 0 Å². The van der Waals surface area contributed by atoms with Crippen molar-refractivity contribution in [1.82, 2.24) is 0 Å². The quantitative estimate of drug-likeness (QED) is 0.671. The maximum atomic E-state index is 10.9. The van der Waals surface area contributed by atoms with E-state index in [2.05, 4.69) is 0 Å². The molecule has 0 amide bonds. The predicted octanol–water partition coefficient (Wildman–Crippen LogP) is 4.40. The molecule has 0 aliphatic heterocycles. The second-order valence-electron chi connectivity index (χ2n) is 4.63. The van der Waals surface area contributed by atoms with Crippen LogP contribution in [0.5, 0.6) is 11.5 Å². The minimum absolute atomic E-state index is 0.00998. The molecule has 2 aromatic carbocycles. The number of halogens is 1. The number of nitro groups is 1. The fraction of sp³-hybridized carbons (Fsp3) is 0.200. The Morgan fingerprint density at radius 1 is 1.29 bits per heavy atom. The molecule has 0 saturated heterocycles. The molecule has 0 unspecified atom stereocenters. The van der Waals surface area contributed by atoms with Gasteiger partial charge in [0, 0.05) is 6.07 Å². The summed E-state index contributed by atoms with van der Waals surface area (Å²) in [5.41, 5.74) is 1.09. The van der Waals surface area contributed by atoms with Gasteiger partial charge in [-0.25, -0.2) is 0 Å². The Labute approximate surface area is 126 Å². The summed E-state index contributed by atoms with van der Waals surface area (Å²) < 4.78 is 5.65. The Kier molecular flexibility index (Phi) is 4.45. The van der Waals surface area contributed by atoms with Crippen LogP contribution in [-0.4, -0.2) is 10.0 Å². The Hall–Kier alpha value is -2.11. The smallest absolute Gasteiger partial charge is 0.276 e. The van der Waals surface area contributed by atoms with Crippen LogP contribution in [-0.2, 0) is 0 Å². The lowest BCUT2D eigenvalue weighted by Gasteiger charge is -2.12. The number of nitro benzene ring substituents is 1. The molecule has 0 radical (unpaired) electrons. The lowest BCUT2D eigenvalue weighted by atomic mass is 10.1. The molecule has 1 N–H and O–H groups in total. The molecule has 6 heteroatoms. The number of benzene rings is 2. The molecule has 5 nitrogen and oxygen atoms in total. The van der Waals surface area contributed by atoms with Crippen molar-refractivity contribution < 1.29 is 14.8 Å². The van der Waals surface area contributed by atoms with E-state index in [4.69, 9.17) is 16.3 Å². The van der Waals surface area contributed by atoms with E-state index < -0.39 is 11.0 Å². The topological polar surface area (TPSA) is 72.6 Å². The summed E-state index contributed by atoms with van der Waals surface area (Å²) in [6.07, 6.45) is -0.629. The first-order valence-corrected chi connectivity index (χ1v) is 6.67. The van der Waals surface area contributed by atoms with Crippen LogP contribution >= 0.6 is 11.6 Å². The fourth-order valence-corrected chi connectivity index (χ4v) is 2.12. The molecule has 0 aliphatic rings. The number of nitrogens with zero attached hydrogens (tertiary/aromatic N) is 1. The van der Waals surface area contributed by atoms with Gasteiger partial charge < -0.3 is 9.84 Å². The number of ether oxygens (including phenoxy) is 1. The van der Waals surface area contributed by atoms with Crippen molar-refractivity contribution >= 4 is 17.3 Å². The molecule has 2 rings (SSSR count). The van der Waals surface area contributed by atoms with Crippen LogP contribution < -0.4 is 4.74 Å². The predicted molar refractivity (Wildman–Crippen MR) is 80.0 cm³/mol. The Balaban J connectivity index is 2.35. The van der Waals surface area contributed by atoms with E-state index in [1.54, 1.807) is 44.2 Å². The van der Waals surface area contributed by atoms with Crippen LogP contribution in [0.2, 0.25) is 5.02 Å². The Bertz CT molecular complexity index is 685. The highest BCUT2D eigenvalue weighted by atomic mass is 35.5. The normalized spacial score (nSPS) is 12.0. The first kappa shape index (κ1) is 15.3. The van der Waals surface area contributed by atoms with Crippen LogP contribution in [0.25, 0.3) is 0 Å². The molecule has 0 aromatic heterocycles. The summed E-state index contributed by atoms with van der Waals surface area (Å²) >= 11 is 6.11. The largest absolute Gasteiger partial charge is 0.455 e. The van der Waals surface area contributed by atoms with E-state index in [0.29, 0.717) is 27.6 Å². The van der Waals surface area contributed by atoms with Crippen molar-refractivity contribution in [2.45, 2.75) is 20.0 Å². The van der Waals surface area contributed by atoms with E-state index in [1.165, 1.54) is 6.07 Å². The second-order valence-corrected chi connectivity index (χ2v) is 5.03. The summed E-state index contributed by atoms with van der Waals surface area (Å²) in [6.45, 7) is 3.25. The maximum Gasteiger partial charge on any atom is 0.276 e. The van der Waals surface area contributed by atoms with Gasteiger partial charge >= 0.3 is 0 Å². The summed E-state index contributed by atoms with van der Waals surface area (Å²) in [5.74, 6) is 0.751. The zero-order chi connectivity index (χ0) is 15.6. The van der Waals surface area contributed by atoms with E-state index in [9.17, 15) is 15.2 Å². The highest BCUT2D eigenvalue weighted by Gasteiger charge is 2.16. The Morgan fingerprint density at radius 3 is 2.57 bits per heavy atom. The molecule has 110 valence electrons.